The minimum Gasteiger partial charge on any atom is -0.393 e. The zero-order valence-corrected chi connectivity index (χ0v) is 10.1. The molecule has 0 saturated carbocycles. The van der Waals surface area contributed by atoms with E-state index in [1.165, 1.54) is 6.07 Å². The van der Waals surface area contributed by atoms with Crippen LogP contribution in [0.25, 0.3) is 0 Å². The molecule has 3 heteroatoms. The van der Waals surface area contributed by atoms with E-state index < -0.39 is 6.10 Å². The Kier molecular flexibility index (Phi) is 3.32. The van der Waals surface area contributed by atoms with E-state index in [2.05, 4.69) is 15.9 Å². The molecule has 0 aromatic heterocycles. The Hall–Kier alpha value is -0.410. The smallest absolute Gasteiger partial charge is 0.137 e. The number of hydrogen-bond acceptors (Lipinski definition) is 1. The van der Waals surface area contributed by atoms with Crippen molar-refractivity contribution in [3.63, 3.8) is 0 Å². The largest absolute Gasteiger partial charge is 0.393 e. The molecule has 1 nitrogen and oxygen atoms in total. The van der Waals surface area contributed by atoms with Gasteiger partial charge in [0.15, 0.2) is 0 Å². The van der Waals surface area contributed by atoms with E-state index >= 15 is 0 Å². The maximum atomic E-state index is 13.0. The van der Waals surface area contributed by atoms with Gasteiger partial charge in [0.1, 0.15) is 5.82 Å². The lowest BCUT2D eigenvalue weighted by atomic mass is 9.80. The average Bonchev–Trinajstić information content (AvgIpc) is 2.09. The number of benzene rings is 1. The van der Waals surface area contributed by atoms with Crippen molar-refractivity contribution < 1.29 is 9.50 Å². The van der Waals surface area contributed by atoms with Crippen LogP contribution in [0, 0.1) is 5.82 Å². The molecule has 0 saturated heterocycles. The highest BCUT2D eigenvalue weighted by molar-refractivity contribution is 9.10. The minimum absolute atomic E-state index is 0.282. The molecule has 1 rings (SSSR count). The van der Waals surface area contributed by atoms with Crippen LogP contribution in [-0.4, -0.2) is 11.2 Å². The number of halogens is 2. The number of aliphatic hydroxyl groups excluding tert-OH is 1. The third-order valence-electron chi connectivity index (χ3n) is 2.71. The summed E-state index contributed by atoms with van der Waals surface area (Å²) >= 11 is 3.13. The van der Waals surface area contributed by atoms with Crippen LogP contribution >= 0.6 is 15.9 Å². The zero-order chi connectivity index (χ0) is 10.9. The van der Waals surface area contributed by atoms with Crippen LogP contribution in [0.2, 0.25) is 0 Å². The molecule has 0 heterocycles. The lowest BCUT2D eigenvalue weighted by Gasteiger charge is -2.28. The third kappa shape index (κ3) is 2.15. The molecule has 1 N–H and O–H groups in total. The van der Waals surface area contributed by atoms with E-state index in [-0.39, 0.29) is 11.2 Å². The Bertz CT molecular complexity index is 334. The fourth-order valence-electron chi connectivity index (χ4n) is 1.14. The SMILES string of the molecule is CC(O)C(C)(C)c1ccc(F)c(Br)c1. The van der Waals surface area contributed by atoms with Gasteiger partial charge in [0.2, 0.25) is 0 Å². The topological polar surface area (TPSA) is 20.2 Å². The molecule has 0 aliphatic carbocycles. The summed E-state index contributed by atoms with van der Waals surface area (Å²) in [5.41, 5.74) is 0.553. The fourth-order valence-corrected chi connectivity index (χ4v) is 1.52. The van der Waals surface area contributed by atoms with Gasteiger partial charge < -0.3 is 5.11 Å². The van der Waals surface area contributed by atoms with Gasteiger partial charge in [-0.1, -0.05) is 19.9 Å². The van der Waals surface area contributed by atoms with Gasteiger partial charge in [-0.2, -0.15) is 0 Å². The van der Waals surface area contributed by atoms with Crippen molar-refractivity contribution in [3.8, 4) is 0 Å². The monoisotopic (exact) mass is 260 g/mol. The predicted octanol–water partition coefficient (Wildman–Crippen LogP) is 3.25. The van der Waals surface area contributed by atoms with Gasteiger partial charge >= 0.3 is 0 Å². The first-order valence-corrected chi connectivity index (χ1v) is 5.28. The summed E-state index contributed by atoms with van der Waals surface area (Å²) in [6, 6.07) is 4.82. The van der Waals surface area contributed by atoms with Crippen LogP contribution in [-0.2, 0) is 5.41 Å². The average molecular weight is 261 g/mol. The summed E-state index contributed by atoms with van der Waals surface area (Å²) in [5, 5.41) is 9.58. The molecule has 1 atom stereocenters. The van der Waals surface area contributed by atoms with Crippen molar-refractivity contribution in [3.05, 3.63) is 34.1 Å². The highest BCUT2D eigenvalue weighted by atomic mass is 79.9. The summed E-state index contributed by atoms with van der Waals surface area (Å²) in [6.45, 7) is 5.59. The van der Waals surface area contributed by atoms with E-state index in [1.807, 2.05) is 13.8 Å². The first-order chi connectivity index (χ1) is 6.35. The highest BCUT2D eigenvalue weighted by Crippen LogP contribution is 2.29. The molecular weight excluding hydrogens is 247 g/mol. The van der Waals surface area contributed by atoms with E-state index in [0.717, 1.165) is 5.56 Å². The molecule has 0 spiro atoms. The number of hydrogen-bond donors (Lipinski definition) is 1. The summed E-state index contributed by atoms with van der Waals surface area (Å²) < 4.78 is 13.4. The van der Waals surface area contributed by atoms with Crippen molar-refractivity contribution >= 4 is 15.9 Å². The normalized spacial score (nSPS) is 14.1. The Morgan fingerprint density at radius 2 is 2.00 bits per heavy atom. The molecule has 1 unspecified atom stereocenters. The predicted molar refractivity (Wildman–Crippen MR) is 58.8 cm³/mol. The Balaban J connectivity index is 3.14. The molecule has 0 bridgehead atoms. The first-order valence-electron chi connectivity index (χ1n) is 4.49. The van der Waals surface area contributed by atoms with E-state index in [0.29, 0.717) is 4.47 Å². The van der Waals surface area contributed by atoms with Gasteiger partial charge in [0.05, 0.1) is 10.6 Å². The molecule has 0 amide bonds. The summed E-state index contributed by atoms with van der Waals surface area (Å²) in [7, 11) is 0. The molecule has 14 heavy (non-hydrogen) atoms. The molecule has 0 radical (unpaired) electrons. The van der Waals surface area contributed by atoms with Gasteiger partial charge in [-0.05, 0) is 40.5 Å². The van der Waals surface area contributed by atoms with Crippen molar-refractivity contribution in [1.82, 2.24) is 0 Å². The van der Waals surface area contributed by atoms with E-state index in [1.54, 1.807) is 19.1 Å². The summed E-state index contributed by atoms with van der Waals surface area (Å²) in [4.78, 5) is 0. The summed E-state index contributed by atoms with van der Waals surface area (Å²) in [5.74, 6) is -0.282. The van der Waals surface area contributed by atoms with Crippen LogP contribution in [0.5, 0.6) is 0 Å². The third-order valence-corrected chi connectivity index (χ3v) is 3.32. The Labute approximate surface area is 92.1 Å². The molecule has 0 fully saturated rings. The van der Waals surface area contributed by atoms with E-state index in [9.17, 15) is 9.50 Å². The van der Waals surface area contributed by atoms with Gasteiger partial charge in [-0.15, -0.1) is 0 Å². The Morgan fingerprint density at radius 1 is 1.43 bits per heavy atom. The lowest BCUT2D eigenvalue weighted by Crippen LogP contribution is -2.30. The maximum Gasteiger partial charge on any atom is 0.137 e. The van der Waals surface area contributed by atoms with Crippen molar-refractivity contribution in [2.75, 3.05) is 0 Å². The highest BCUT2D eigenvalue weighted by Gasteiger charge is 2.26. The molecule has 78 valence electrons. The lowest BCUT2D eigenvalue weighted by molar-refractivity contribution is 0.118. The zero-order valence-electron chi connectivity index (χ0n) is 8.51. The molecule has 0 aliphatic heterocycles. The quantitative estimate of drug-likeness (QED) is 0.866. The standard InChI is InChI=1S/C11H14BrFO/c1-7(14)11(2,3)8-4-5-10(13)9(12)6-8/h4-7,14H,1-3H3. The molecular formula is C11H14BrFO. The van der Waals surface area contributed by atoms with Gasteiger partial charge in [-0.3, -0.25) is 0 Å². The van der Waals surface area contributed by atoms with Gasteiger partial charge in [0, 0.05) is 5.41 Å². The summed E-state index contributed by atoms with van der Waals surface area (Å²) in [6.07, 6.45) is -0.472. The van der Waals surface area contributed by atoms with Crippen LogP contribution in [0.1, 0.15) is 26.3 Å². The van der Waals surface area contributed by atoms with Crippen LogP contribution in [0.15, 0.2) is 22.7 Å². The maximum absolute atomic E-state index is 13.0. The van der Waals surface area contributed by atoms with Crippen molar-refractivity contribution in [2.24, 2.45) is 0 Å². The second kappa shape index (κ2) is 3.99. The molecule has 1 aromatic rings. The fraction of sp³-hybridized carbons (Fsp3) is 0.455. The van der Waals surface area contributed by atoms with Crippen LogP contribution < -0.4 is 0 Å². The second-order valence-corrected chi connectivity index (χ2v) is 4.88. The number of rotatable bonds is 2. The molecule has 0 aliphatic rings. The van der Waals surface area contributed by atoms with Crippen molar-refractivity contribution in [1.29, 1.82) is 0 Å². The first kappa shape index (κ1) is 11.7. The second-order valence-electron chi connectivity index (χ2n) is 4.03. The van der Waals surface area contributed by atoms with E-state index in [4.69, 9.17) is 0 Å². The van der Waals surface area contributed by atoms with Gasteiger partial charge in [-0.25, -0.2) is 4.39 Å². The van der Waals surface area contributed by atoms with Crippen molar-refractivity contribution in [2.45, 2.75) is 32.3 Å². The minimum atomic E-state index is -0.472. The molecule has 1 aromatic carbocycles. The Morgan fingerprint density at radius 3 is 2.43 bits per heavy atom. The van der Waals surface area contributed by atoms with Crippen LogP contribution in [0.4, 0.5) is 4.39 Å². The van der Waals surface area contributed by atoms with Gasteiger partial charge in [0.25, 0.3) is 0 Å². The number of aliphatic hydroxyl groups is 1. The van der Waals surface area contributed by atoms with Crippen LogP contribution in [0.3, 0.4) is 0 Å².